The first-order valence-electron chi connectivity index (χ1n) is 7.61. The molecule has 0 aliphatic carbocycles. The second-order valence-electron chi connectivity index (χ2n) is 5.51. The molecule has 2 saturated heterocycles. The summed E-state index contributed by atoms with van der Waals surface area (Å²) in [6, 6.07) is 0. The highest BCUT2D eigenvalue weighted by Crippen LogP contribution is 2.13. The molecule has 0 aromatic carbocycles. The molecule has 0 spiro atoms. The minimum Gasteiger partial charge on any atom is -0.394 e. The van der Waals surface area contributed by atoms with Gasteiger partial charge in [0.05, 0.1) is 32.0 Å². The normalized spacial score (nSPS) is 24.9. The molecule has 0 radical (unpaired) electrons. The number of amides is 1. The molecular formula is C14H26N2O4. The number of hydrogen-bond donors (Lipinski definition) is 2. The van der Waals surface area contributed by atoms with Crippen LogP contribution in [-0.4, -0.2) is 74.1 Å². The molecule has 2 fully saturated rings. The second kappa shape index (κ2) is 8.56. The molecule has 2 aliphatic rings. The van der Waals surface area contributed by atoms with Crippen molar-refractivity contribution in [3.05, 3.63) is 0 Å². The van der Waals surface area contributed by atoms with Crippen LogP contribution < -0.4 is 5.32 Å². The lowest BCUT2D eigenvalue weighted by Gasteiger charge is -2.31. The van der Waals surface area contributed by atoms with Crippen LogP contribution in [0.25, 0.3) is 0 Å². The Morgan fingerprint density at radius 1 is 1.35 bits per heavy atom. The molecule has 20 heavy (non-hydrogen) atoms. The summed E-state index contributed by atoms with van der Waals surface area (Å²) in [6.07, 6.45) is 4.44. The van der Waals surface area contributed by atoms with E-state index in [0.717, 1.165) is 45.4 Å². The SMILES string of the molecule is O=C(CN1CCC(OCCO)CC1)NCC1CCCO1. The minimum atomic E-state index is 0.0753. The van der Waals surface area contributed by atoms with Gasteiger partial charge in [0.15, 0.2) is 0 Å². The number of rotatable bonds is 7. The van der Waals surface area contributed by atoms with Gasteiger partial charge in [-0.25, -0.2) is 0 Å². The summed E-state index contributed by atoms with van der Waals surface area (Å²) in [5.41, 5.74) is 0. The van der Waals surface area contributed by atoms with Crippen molar-refractivity contribution in [2.75, 3.05) is 46.0 Å². The molecule has 0 saturated carbocycles. The average Bonchev–Trinajstić information content (AvgIpc) is 2.98. The van der Waals surface area contributed by atoms with Crippen molar-refractivity contribution in [2.45, 2.75) is 37.9 Å². The molecule has 2 rings (SSSR count). The van der Waals surface area contributed by atoms with E-state index >= 15 is 0 Å². The Labute approximate surface area is 120 Å². The first-order chi connectivity index (χ1) is 9.78. The van der Waals surface area contributed by atoms with E-state index in [1.54, 1.807) is 0 Å². The summed E-state index contributed by atoms with van der Waals surface area (Å²) in [4.78, 5) is 14.0. The van der Waals surface area contributed by atoms with Crippen molar-refractivity contribution in [3.8, 4) is 0 Å². The number of piperidine rings is 1. The number of hydrogen-bond acceptors (Lipinski definition) is 5. The van der Waals surface area contributed by atoms with E-state index in [2.05, 4.69) is 10.2 Å². The number of ether oxygens (including phenoxy) is 2. The second-order valence-corrected chi connectivity index (χ2v) is 5.51. The zero-order valence-corrected chi connectivity index (χ0v) is 12.1. The van der Waals surface area contributed by atoms with E-state index in [1.165, 1.54) is 0 Å². The number of nitrogens with one attached hydrogen (secondary N) is 1. The zero-order valence-electron chi connectivity index (χ0n) is 12.1. The molecule has 1 unspecified atom stereocenters. The lowest BCUT2D eigenvalue weighted by Crippen LogP contribution is -2.44. The fourth-order valence-corrected chi connectivity index (χ4v) is 2.75. The maximum absolute atomic E-state index is 11.8. The van der Waals surface area contributed by atoms with Gasteiger partial charge < -0.3 is 19.9 Å². The van der Waals surface area contributed by atoms with E-state index in [4.69, 9.17) is 14.6 Å². The molecule has 0 aromatic rings. The van der Waals surface area contributed by atoms with Crippen LogP contribution in [0.4, 0.5) is 0 Å². The summed E-state index contributed by atoms with van der Waals surface area (Å²) in [5, 5.41) is 11.7. The van der Waals surface area contributed by atoms with Crippen LogP contribution in [0, 0.1) is 0 Å². The molecule has 2 aliphatic heterocycles. The van der Waals surface area contributed by atoms with Gasteiger partial charge >= 0.3 is 0 Å². The van der Waals surface area contributed by atoms with Crippen LogP contribution in [-0.2, 0) is 14.3 Å². The van der Waals surface area contributed by atoms with Crippen LogP contribution in [0.2, 0.25) is 0 Å². The van der Waals surface area contributed by atoms with Crippen molar-refractivity contribution >= 4 is 5.91 Å². The summed E-state index contributed by atoms with van der Waals surface area (Å²) >= 11 is 0. The monoisotopic (exact) mass is 286 g/mol. The van der Waals surface area contributed by atoms with E-state index in [1.807, 2.05) is 0 Å². The van der Waals surface area contributed by atoms with E-state index in [0.29, 0.717) is 19.7 Å². The molecule has 2 N–H and O–H groups in total. The van der Waals surface area contributed by atoms with Crippen molar-refractivity contribution in [3.63, 3.8) is 0 Å². The van der Waals surface area contributed by atoms with Crippen molar-refractivity contribution < 1.29 is 19.4 Å². The quantitative estimate of drug-likeness (QED) is 0.675. The molecule has 116 valence electrons. The smallest absolute Gasteiger partial charge is 0.234 e. The predicted octanol–water partition coefficient (Wildman–Crippen LogP) is -0.245. The van der Waals surface area contributed by atoms with Crippen LogP contribution in [0.1, 0.15) is 25.7 Å². The van der Waals surface area contributed by atoms with Gasteiger partial charge in [-0.1, -0.05) is 0 Å². The Kier molecular flexibility index (Phi) is 6.72. The van der Waals surface area contributed by atoms with Gasteiger partial charge in [-0.15, -0.1) is 0 Å². The Hall–Kier alpha value is -0.690. The molecule has 6 heteroatoms. The summed E-state index contributed by atoms with van der Waals surface area (Å²) in [6.45, 7) is 4.15. The predicted molar refractivity (Wildman–Crippen MR) is 74.5 cm³/mol. The number of aliphatic hydroxyl groups is 1. The summed E-state index contributed by atoms with van der Waals surface area (Å²) in [7, 11) is 0. The van der Waals surface area contributed by atoms with Gasteiger partial charge in [0, 0.05) is 26.2 Å². The van der Waals surface area contributed by atoms with Gasteiger partial charge in [0.25, 0.3) is 0 Å². The molecule has 0 bridgehead atoms. The van der Waals surface area contributed by atoms with Gasteiger partial charge in [-0.2, -0.15) is 0 Å². The van der Waals surface area contributed by atoms with E-state index < -0.39 is 0 Å². The maximum atomic E-state index is 11.8. The Morgan fingerprint density at radius 3 is 2.80 bits per heavy atom. The van der Waals surface area contributed by atoms with Crippen molar-refractivity contribution in [2.24, 2.45) is 0 Å². The molecule has 1 amide bonds. The van der Waals surface area contributed by atoms with Gasteiger partial charge in [-0.3, -0.25) is 9.69 Å². The Balaban J connectivity index is 1.56. The van der Waals surface area contributed by atoms with Gasteiger partial charge in [0.1, 0.15) is 0 Å². The summed E-state index contributed by atoms with van der Waals surface area (Å²) in [5.74, 6) is 0.0789. The Morgan fingerprint density at radius 2 is 2.15 bits per heavy atom. The number of nitrogens with zero attached hydrogens (tertiary/aromatic N) is 1. The van der Waals surface area contributed by atoms with Crippen LogP contribution in [0.15, 0.2) is 0 Å². The third-order valence-corrected chi connectivity index (χ3v) is 3.90. The number of carbonyl (C=O) groups excluding carboxylic acids is 1. The maximum Gasteiger partial charge on any atom is 0.234 e. The van der Waals surface area contributed by atoms with Crippen molar-refractivity contribution in [1.29, 1.82) is 0 Å². The molecule has 6 nitrogen and oxygen atoms in total. The highest BCUT2D eigenvalue weighted by atomic mass is 16.5. The molecule has 0 aromatic heterocycles. The fourth-order valence-electron chi connectivity index (χ4n) is 2.75. The third-order valence-electron chi connectivity index (χ3n) is 3.90. The van der Waals surface area contributed by atoms with Gasteiger partial charge in [-0.05, 0) is 25.7 Å². The lowest BCUT2D eigenvalue weighted by molar-refractivity contribution is -0.123. The summed E-state index contributed by atoms with van der Waals surface area (Å²) < 4.78 is 11.0. The number of aliphatic hydroxyl groups excluding tert-OH is 1. The minimum absolute atomic E-state index is 0.0753. The molecular weight excluding hydrogens is 260 g/mol. The fraction of sp³-hybridized carbons (Fsp3) is 0.929. The molecule has 1 atom stereocenters. The first kappa shape index (κ1) is 15.7. The largest absolute Gasteiger partial charge is 0.394 e. The Bertz CT molecular complexity index is 287. The highest BCUT2D eigenvalue weighted by Gasteiger charge is 2.22. The van der Waals surface area contributed by atoms with Gasteiger partial charge in [0.2, 0.25) is 5.91 Å². The zero-order chi connectivity index (χ0) is 14.2. The van der Waals surface area contributed by atoms with Crippen LogP contribution >= 0.6 is 0 Å². The van der Waals surface area contributed by atoms with E-state index in [9.17, 15) is 4.79 Å². The van der Waals surface area contributed by atoms with Crippen molar-refractivity contribution in [1.82, 2.24) is 10.2 Å². The first-order valence-corrected chi connectivity index (χ1v) is 7.61. The number of likely N-dealkylation sites (tertiary alicyclic amines) is 1. The lowest BCUT2D eigenvalue weighted by atomic mass is 10.1. The molecule has 2 heterocycles. The van der Waals surface area contributed by atoms with Crippen LogP contribution in [0.5, 0.6) is 0 Å². The van der Waals surface area contributed by atoms with E-state index in [-0.39, 0.29) is 24.7 Å². The van der Waals surface area contributed by atoms with Crippen LogP contribution in [0.3, 0.4) is 0 Å². The topological polar surface area (TPSA) is 71.0 Å². The number of carbonyl (C=O) groups is 1. The third kappa shape index (κ3) is 5.36. The standard InChI is InChI=1S/C14H26N2O4/c17-7-9-20-12-3-5-16(6-4-12)11-14(18)15-10-13-2-1-8-19-13/h12-13,17H,1-11H2,(H,15,18). The average molecular weight is 286 g/mol. The highest BCUT2D eigenvalue weighted by molar-refractivity contribution is 5.78.